The van der Waals surface area contributed by atoms with Crippen molar-refractivity contribution in [2.24, 2.45) is 0 Å². The van der Waals surface area contributed by atoms with E-state index in [2.05, 4.69) is 24.1 Å². The second kappa shape index (κ2) is 8.50. The van der Waals surface area contributed by atoms with Crippen molar-refractivity contribution in [1.29, 1.82) is 0 Å². The molecule has 1 aliphatic heterocycles. The fourth-order valence-electron chi connectivity index (χ4n) is 3.48. The molecule has 2 atom stereocenters. The summed E-state index contributed by atoms with van der Waals surface area (Å²) in [7, 11) is 1.46. The van der Waals surface area contributed by atoms with Crippen LogP contribution in [0.25, 0.3) is 0 Å². The number of para-hydroxylation sites is 1. The minimum absolute atomic E-state index is 0.168. The third-order valence-corrected chi connectivity index (χ3v) is 4.56. The van der Waals surface area contributed by atoms with Crippen LogP contribution in [-0.2, 0) is 11.3 Å². The summed E-state index contributed by atoms with van der Waals surface area (Å²) >= 11 is 0. The largest absolute Gasteiger partial charge is 0.496 e. The van der Waals surface area contributed by atoms with Crippen molar-refractivity contribution in [3.05, 3.63) is 59.4 Å². The topological polar surface area (TPSA) is 50.8 Å². The van der Waals surface area contributed by atoms with Gasteiger partial charge in [-0.15, -0.1) is 0 Å². The summed E-state index contributed by atoms with van der Waals surface area (Å²) in [6.45, 7) is 6.50. The zero-order chi connectivity index (χ0) is 19.4. The second-order valence-electron chi connectivity index (χ2n) is 6.91. The molecule has 144 valence electrons. The van der Waals surface area contributed by atoms with E-state index in [1.807, 2.05) is 24.3 Å². The highest BCUT2D eigenvalue weighted by Crippen LogP contribution is 2.24. The standard InChI is InChI=1S/C21H25FN2O3/c1-14-11-24(12-15(2)27-14)13-16-6-4-5-7-19(16)23-21(25)18-10-17(22)8-9-20(18)26-3/h4-10,14-15H,11-13H2,1-3H3,(H,23,25). The fraction of sp³-hybridized carbons (Fsp3) is 0.381. The molecule has 1 heterocycles. The summed E-state index contributed by atoms with van der Waals surface area (Å²) in [6, 6.07) is 11.6. The highest BCUT2D eigenvalue weighted by atomic mass is 19.1. The molecular weight excluding hydrogens is 347 g/mol. The van der Waals surface area contributed by atoms with Crippen LogP contribution in [0.15, 0.2) is 42.5 Å². The third kappa shape index (κ3) is 4.84. The molecule has 1 aliphatic rings. The number of halogens is 1. The SMILES string of the molecule is COc1ccc(F)cc1C(=O)Nc1ccccc1CN1CC(C)OC(C)C1. The van der Waals surface area contributed by atoms with Crippen molar-refractivity contribution < 1.29 is 18.7 Å². The second-order valence-corrected chi connectivity index (χ2v) is 6.91. The molecule has 5 nitrogen and oxygen atoms in total. The monoisotopic (exact) mass is 372 g/mol. The van der Waals surface area contributed by atoms with Gasteiger partial charge in [-0.05, 0) is 43.7 Å². The number of hydrogen-bond acceptors (Lipinski definition) is 4. The first-order valence-electron chi connectivity index (χ1n) is 9.07. The molecule has 1 amide bonds. The van der Waals surface area contributed by atoms with E-state index in [9.17, 15) is 9.18 Å². The van der Waals surface area contributed by atoms with Crippen LogP contribution in [0, 0.1) is 5.82 Å². The Bertz CT molecular complexity index is 802. The summed E-state index contributed by atoms with van der Waals surface area (Å²) in [4.78, 5) is 15.0. The van der Waals surface area contributed by atoms with Gasteiger partial charge in [-0.1, -0.05) is 18.2 Å². The quantitative estimate of drug-likeness (QED) is 0.870. The van der Waals surface area contributed by atoms with Crippen molar-refractivity contribution in [1.82, 2.24) is 4.90 Å². The Balaban J connectivity index is 1.78. The van der Waals surface area contributed by atoms with E-state index >= 15 is 0 Å². The van der Waals surface area contributed by atoms with Crippen LogP contribution in [0.2, 0.25) is 0 Å². The molecule has 1 N–H and O–H groups in total. The first-order chi connectivity index (χ1) is 13.0. The van der Waals surface area contributed by atoms with Crippen molar-refractivity contribution in [2.75, 3.05) is 25.5 Å². The Hall–Kier alpha value is -2.44. The Morgan fingerprint density at radius 3 is 2.63 bits per heavy atom. The minimum atomic E-state index is -0.481. The van der Waals surface area contributed by atoms with E-state index in [0.717, 1.165) is 18.7 Å². The molecule has 0 radical (unpaired) electrons. The predicted octanol–water partition coefficient (Wildman–Crippen LogP) is 3.70. The number of nitrogens with one attached hydrogen (secondary N) is 1. The van der Waals surface area contributed by atoms with Gasteiger partial charge in [0.25, 0.3) is 5.91 Å². The molecule has 2 aromatic rings. The van der Waals surface area contributed by atoms with Gasteiger partial charge in [0.1, 0.15) is 11.6 Å². The molecule has 0 aliphatic carbocycles. The van der Waals surface area contributed by atoms with Crippen molar-refractivity contribution in [3.63, 3.8) is 0 Å². The Morgan fingerprint density at radius 2 is 1.93 bits per heavy atom. The van der Waals surface area contributed by atoms with Crippen LogP contribution in [0.4, 0.5) is 10.1 Å². The molecule has 6 heteroatoms. The van der Waals surface area contributed by atoms with E-state index in [0.29, 0.717) is 18.0 Å². The number of anilines is 1. The lowest BCUT2D eigenvalue weighted by atomic mass is 10.1. The third-order valence-electron chi connectivity index (χ3n) is 4.56. The van der Waals surface area contributed by atoms with Crippen LogP contribution in [0.5, 0.6) is 5.75 Å². The van der Waals surface area contributed by atoms with Gasteiger partial charge in [0.05, 0.1) is 24.9 Å². The number of carbonyl (C=O) groups excluding carboxylic acids is 1. The Kier molecular flexibility index (Phi) is 6.08. The van der Waals surface area contributed by atoms with Gasteiger partial charge in [0.2, 0.25) is 0 Å². The number of methoxy groups -OCH3 is 1. The molecule has 0 saturated carbocycles. The average molecular weight is 372 g/mol. The summed E-state index contributed by atoms with van der Waals surface area (Å²) in [5, 5.41) is 2.90. The highest BCUT2D eigenvalue weighted by molar-refractivity contribution is 6.06. The molecule has 2 aromatic carbocycles. The maximum Gasteiger partial charge on any atom is 0.259 e. The predicted molar refractivity (Wildman–Crippen MR) is 103 cm³/mol. The fourth-order valence-corrected chi connectivity index (χ4v) is 3.48. The van der Waals surface area contributed by atoms with Crippen LogP contribution in [0.1, 0.15) is 29.8 Å². The zero-order valence-electron chi connectivity index (χ0n) is 15.9. The maximum absolute atomic E-state index is 13.6. The first kappa shape index (κ1) is 19.3. The summed E-state index contributed by atoms with van der Waals surface area (Å²) in [6.07, 6.45) is 0.346. The number of rotatable bonds is 5. The minimum Gasteiger partial charge on any atom is -0.496 e. The Labute approximate surface area is 159 Å². The lowest BCUT2D eigenvalue weighted by Gasteiger charge is -2.35. The molecular formula is C21H25FN2O3. The summed E-state index contributed by atoms with van der Waals surface area (Å²) in [5.41, 5.74) is 1.88. The van der Waals surface area contributed by atoms with Gasteiger partial charge >= 0.3 is 0 Å². The van der Waals surface area contributed by atoms with Crippen LogP contribution < -0.4 is 10.1 Å². The molecule has 0 spiro atoms. The van der Waals surface area contributed by atoms with Crippen LogP contribution >= 0.6 is 0 Å². The van der Waals surface area contributed by atoms with E-state index < -0.39 is 11.7 Å². The van der Waals surface area contributed by atoms with Gasteiger partial charge in [-0.25, -0.2) is 4.39 Å². The molecule has 1 fully saturated rings. The van der Waals surface area contributed by atoms with Gasteiger partial charge in [-0.2, -0.15) is 0 Å². The number of hydrogen-bond donors (Lipinski definition) is 1. The summed E-state index contributed by atoms with van der Waals surface area (Å²) in [5.74, 6) is -0.546. The molecule has 2 unspecified atom stereocenters. The maximum atomic E-state index is 13.6. The van der Waals surface area contributed by atoms with Crippen LogP contribution in [-0.4, -0.2) is 43.2 Å². The van der Waals surface area contributed by atoms with Crippen LogP contribution in [0.3, 0.4) is 0 Å². The number of morpholine rings is 1. The number of carbonyl (C=O) groups is 1. The van der Waals surface area contributed by atoms with Crippen molar-refractivity contribution in [2.45, 2.75) is 32.6 Å². The van der Waals surface area contributed by atoms with Gasteiger partial charge in [0, 0.05) is 25.3 Å². The lowest BCUT2D eigenvalue weighted by Crippen LogP contribution is -2.44. The van der Waals surface area contributed by atoms with Crippen molar-refractivity contribution in [3.8, 4) is 5.75 Å². The first-order valence-corrected chi connectivity index (χ1v) is 9.07. The number of ether oxygens (including phenoxy) is 2. The smallest absolute Gasteiger partial charge is 0.259 e. The number of nitrogens with zero attached hydrogens (tertiary/aromatic N) is 1. The molecule has 27 heavy (non-hydrogen) atoms. The van der Waals surface area contributed by atoms with E-state index in [4.69, 9.17) is 9.47 Å². The normalized spacial score (nSPS) is 20.3. The van der Waals surface area contributed by atoms with E-state index in [-0.39, 0.29) is 17.8 Å². The highest BCUT2D eigenvalue weighted by Gasteiger charge is 2.23. The Morgan fingerprint density at radius 1 is 1.22 bits per heavy atom. The molecule has 1 saturated heterocycles. The average Bonchev–Trinajstić information content (AvgIpc) is 2.62. The van der Waals surface area contributed by atoms with E-state index in [1.165, 1.54) is 25.3 Å². The van der Waals surface area contributed by atoms with E-state index in [1.54, 1.807) is 0 Å². The molecule has 3 rings (SSSR count). The van der Waals surface area contributed by atoms with Crippen molar-refractivity contribution >= 4 is 11.6 Å². The zero-order valence-corrected chi connectivity index (χ0v) is 15.9. The van der Waals surface area contributed by atoms with Gasteiger partial charge in [0.15, 0.2) is 0 Å². The van der Waals surface area contributed by atoms with Gasteiger partial charge < -0.3 is 14.8 Å². The lowest BCUT2D eigenvalue weighted by molar-refractivity contribution is -0.0704. The molecule has 0 bridgehead atoms. The van der Waals surface area contributed by atoms with Gasteiger partial charge in [-0.3, -0.25) is 9.69 Å². The summed E-state index contributed by atoms with van der Waals surface area (Å²) < 4.78 is 24.6. The number of benzene rings is 2. The molecule has 0 aromatic heterocycles. The number of amides is 1.